The van der Waals surface area contributed by atoms with Crippen LogP contribution in [0.4, 0.5) is 18.9 Å². The van der Waals surface area contributed by atoms with E-state index in [-0.39, 0.29) is 17.1 Å². The first-order valence-electron chi connectivity index (χ1n) is 12.8. The van der Waals surface area contributed by atoms with Crippen LogP contribution in [0.5, 0.6) is 0 Å². The Morgan fingerprint density at radius 2 is 1.66 bits per heavy atom. The molecule has 0 saturated carbocycles. The monoisotopic (exact) mass is 653 g/mol. The fourth-order valence-corrected chi connectivity index (χ4v) is 5.87. The zero-order chi connectivity index (χ0) is 30.4. The molecule has 0 heterocycles. The van der Waals surface area contributed by atoms with Gasteiger partial charge in [-0.3, -0.25) is 13.9 Å². The SMILES string of the molecule is CCCNC(=O)[C@@H](C)N(Cc1cccc(Br)c1)C(=O)CN(c1cccc(C(F)(F)F)c1)S(=O)(=O)c1ccc(C)cc1. The Bertz CT molecular complexity index is 1480. The molecule has 0 aromatic heterocycles. The van der Waals surface area contributed by atoms with Crippen LogP contribution in [-0.2, 0) is 32.3 Å². The summed E-state index contributed by atoms with van der Waals surface area (Å²) in [6.07, 6.45) is -4.08. The number of halogens is 4. The molecular formula is C29H31BrF3N3O4S. The van der Waals surface area contributed by atoms with Crippen molar-refractivity contribution >= 4 is 43.5 Å². The quantitative estimate of drug-likeness (QED) is 0.279. The fourth-order valence-electron chi connectivity index (χ4n) is 4.01. The summed E-state index contributed by atoms with van der Waals surface area (Å²) in [4.78, 5) is 27.8. The third-order valence-corrected chi connectivity index (χ3v) is 8.59. The molecule has 1 N–H and O–H groups in total. The highest BCUT2D eigenvalue weighted by Gasteiger charge is 2.35. The summed E-state index contributed by atoms with van der Waals surface area (Å²) in [6, 6.07) is 15.6. The van der Waals surface area contributed by atoms with E-state index < -0.39 is 46.2 Å². The van der Waals surface area contributed by atoms with Crippen molar-refractivity contribution in [2.24, 2.45) is 0 Å². The van der Waals surface area contributed by atoms with Crippen LogP contribution in [0.25, 0.3) is 0 Å². The number of hydrogen-bond acceptors (Lipinski definition) is 4. The van der Waals surface area contributed by atoms with E-state index in [9.17, 15) is 31.2 Å². The van der Waals surface area contributed by atoms with E-state index in [4.69, 9.17) is 0 Å². The van der Waals surface area contributed by atoms with Crippen molar-refractivity contribution in [1.29, 1.82) is 0 Å². The van der Waals surface area contributed by atoms with Gasteiger partial charge < -0.3 is 10.2 Å². The van der Waals surface area contributed by atoms with Crippen molar-refractivity contribution in [3.05, 3.63) is 94.0 Å². The number of rotatable bonds is 11. The van der Waals surface area contributed by atoms with Crippen LogP contribution < -0.4 is 9.62 Å². The number of aryl methyl sites for hydroxylation is 1. The maximum absolute atomic E-state index is 13.9. The average molecular weight is 655 g/mol. The second-order valence-electron chi connectivity index (χ2n) is 9.49. The van der Waals surface area contributed by atoms with Gasteiger partial charge in [0, 0.05) is 17.6 Å². The van der Waals surface area contributed by atoms with Gasteiger partial charge in [-0.1, -0.05) is 58.7 Å². The van der Waals surface area contributed by atoms with Crippen molar-refractivity contribution in [2.45, 2.75) is 50.9 Å². The number of anilines is 1. The zero-order valence-electron chi connectivity index (χ0n) is 22.8. The van der Waals surface area contributed by atoms with Crippen molar-refractivity contribution in [2.75, 3.05) is 17.4 Å². The first kappa shape index (κ1) is 32.1. The van der Waals surface area contributed by atoms with Gasteiger partial charge >= 0.3 is 6.18 Å². The van der Waals surface area contributed by atoms with Gasteiger partial charge in [0.25, 0.3) is 10.0 Å². The summed E-state index contributed by atoms with van der Waals surface area (Å²) in [5.41, 5.74) is 0.0386. The molecule has 0 bridgehead atoms. The van der Waals surface area contributed by atoms with Crippen molar-refractivity contribution < 1.29 is 31.2 Å². The molecule has 220 valence electrons. The molecule has 0 aliphatic heterocycles. The van der Waals surface area contributed by atoms with Crippen LogP contribution in [0.15, 0.2) is 82.2 Å². The molecule has 3 rings (SSSR count). The molecule has 0 unspecified atom stereocenters. The summed E-state index contributed by atoms with van der Waals surface area (Å²) < 4.78 is 69.7. The van der Waals surface area contributed by atoms with Crippen molar-refractivity contribution in [3.63, 3.8) is 0 Å². The normalized spacial score (nSPS) is 12.5. The summed E-state index contributed by atoms with van der Waals surface area (Å²) >= 11 is 3.38. The fraction of sp³-hybridized carbons (Fsp3) is 0.310. The lowest BCUT2D eigenvalue weighted by atomic mass is 10.1. The largest absolute Gasteiger partial charge is 0.416 e. The molecule has 0 spiro atoms. The summed E-state index contributed by atoms with van der Waals surface area (Å²) in [5.74, 6) is -1.21. The molecule has 12 heteroatoms. The number of alkyl halides is 3. The molecule has 0 aliphatic rings. The standard InChI is InChI=1S/C29H31BrF3N3O4S/c1-4-15-34-28(38)21(3)35(18-22-7-5-9-24(30)16-22)27(37)19-36(25-10-6-8-23(17-25)29(31,32)33)41(39,40)26-13-11-20(2)12-14-26/h5-14,16-17,21H,4,15,18-19H2,1-3H3,(H,34,38)/t21-/m1/s1. The van der Waals surface area contributed by atoms with Gasteiger partial charge in [-0.2, -0.15) is 13.2 Å². The Balaban J connectivity index is 2.08. The van der Waals surface area contributed by atoms with E-state index in [1.807, 2.05) is 6.92 Å². The highest BCUT2D eigenvalue weighted by atomic mass is 79.9. The summed E-state index contributed by atoms with van der Waals surface area (Å²) in [7, 11) is -4.49. The molecule has 0 saturated heterocycles. The van der Waals surface area contributed by atoms with Crippen LogP contribution in [0, 0.1) is 6.92 Å². The van der Waals surface area contributed by atoms with Gasteiger partial charge in [0.05, 0.1) is 16.1 Å². The highest BCUT2D eigenvalue weighted by Crippen LogP contribution is 2.33. The molecule has 0 aliphatic carbocycles. The topological polar surface area (TPSA) is 86.8 Å². The first-order valence-corrected chi connectivity index (χ1v) is 15.1. The van der Waals surface area contributed by atoms with Gasteiger partial charge in [0.2, 0.25) is 11.8 Å². The summed E-state index contributed by atoms with van der Waals surface area (Å²) in [6.45, 7) is 4.65. The second kappa shape index (κ2) is 13.5. The number of carbonyl (C=O) groups excluding carboxylic acids is 2. The molecule has 0 radical (unpaired) electrons. The van der Waals surface area contributed by atoms with Crippen LogP contribution >= 0.6 is 15.9 Å². The molecule has 1 atom stereocenters. The predicted octanol–water partition coefficient (Wildman–Crippen LogP) is 5.92. The molecule has 3 aromatic rings. The van der Waals surface area contributed by atoms with Crippen LogP contribution in [-0.4, -0.2) is 44.3 Å². The minimum Gasteiger partial charge on any atom is -0.354 e. The Morgan fingerprint density at radius 3 is 2.27 bits per heavy atom. The number of carbonyl (C=O) groups is 2. The molecule has 41 heavy (non-hydrogen) atoms. The maximum Gasteiger partial charge on any atom is 0.416 e. The smallest absolute Gasteiger partial charge is 0.354 e. The van der Waals surface area contributed by atoms with E-state index in [1.54, 1.807) is 43.3 Å². The van der Waals surface area contributed by atoms with E-state index in [1.165, 1.54) is 30.0 Å². The number of benzene rings is 3. The van der Waals surface area contributed by atoms with Crippen LogP contribution in [0.3, 0.4) is 0 Å². The van der Waals surface area contributed by atoms with Gasteiger partial charge in [0.1, 0.15) is 12.6 Å². The van der Waals surface area contributed by atoms with Crippen LogP contribution in [0.1, 0.15) is 37.0 Å². The number of nitrogens with zero attached hydrogens (tertiary/aromatic N) is 2. The number of hydrogen-bond donors (Lipinski definition) is 1. The van der Waals surface area contributed by atoms with Gasteiger partial charge in [-0.25, -0.2) is 8.42 Å². The molecular weight excluding hydrogens is 623 g/mol. The third kappa shape index (κ3) is 8.32. The number of nitrogens with one attached hydrogen (secondary N) is 1. The Hall–Kier alpha value is -3.38. The minimum absolute atomic E-state index is 0.0417. The molecule has 7 nitrogen and oxygen atoms in total. The Labute approximate surface area is 246 Å². The lowest BCUT2D eigenvalue weighted by Crippen LogP contribution is -2.51. The van der Waals surface area contributed by atoms with E-state index in [0.29, 0.717) is 28.9 Å². The lowest BCUT2D eigenvalue weighted by molar-refractivity contribution is -0.139. The molecule has 2 amide bonds. The maximum atomic E-state index is 13.9. The molecule has 0 fully saturated rings. The van der Waals surface area contributed by atoms with Gasteiger partial charge in [-0.15, -0.1) is 0 Å². The highest BCUT2D eigenvalue weighted by molar-refractivity contribution is 9.10. The van der Waals surface area contributed by atoms with Crippen LogP contribution in [0.2, 0.25) is 0 Å². The molecule has 3 aromatic carbocycles. The van der Waals surface area contributed by atoms with Crippen molar-refractivity contribution in [3.8, 4) is 0 Å². The second-order valence-corrected chi connectivity index (χ2v) is 12.3. The first-order chi connectivity index (χ1) is 19.2. The number of sulfonamides is 1. The van der Waals surface area contributed by atoms with Crippen molar-refractivity contribution in [1.82, 2.24) is 10.2 Å². The zero-order valence-corrected chi connectivity index (χ0v) is 25.2. The predicted molar refractivity (Wildman–Crippen MR) is 155 cm³/mol. The van der Waals surface area contributed by atoms with E-state index in [2.05, 4.69) is 21.2 Å². The Kier molecular flexibility index (Phi) is 10.6. The van der Waals surface area contributed by atoms with E-state index in [0.717, 1.165) is 22.2 Å². The van der Waals surface area contributed by atoms with Gasteiger partial charge in [0.15, 0.2) is 0 Å². The third-order valence-electron chi connectivity index (χ3n) is 6.31. The minimum atomic E-state index is -4.74. The Morgan fingerprint density at radius 1 is 1.00 bits per heavy atom. The van der Waals surface area contributed by atoms with Gasteiger partial charge in [-0.05, 0) is 68.3 Å². The summed E-state index contributed by atoms with van der Waals surface area (Å²) in [5, 5.41) is 2.74. The average Bonchev–Trinajstić information content (AvgIpc) is 2.92. The number of amides is 2. The van der Waals surface area contributed by atoms with E-state index >= 15 is 0 Å². The lowest BCUT2D eigenvalue weighted by Gasteiger charge is -2.32.